The van der Waals surface area contributed by atoms with Crippen molar-refractivity contribution in [1.82, 2.24) is 0 Å². The molecule has 3 rings (SSSR count). The Kier molecular flexibility index (Phi) is 3.82. The van der Waals surface area contributed by atoms with Crippen LogP contribution in [0.3, 0.4) is 0 Å². The van der Waals surface area contributed by atoms with Crippen LogP contribution in [0.15, 0.2) is 30.3 Å². The Balaban J connectivity index is 2.06. The quantitative estimate of drug-likeness (QED) is 0.767. The van der Waals surface area contributed by atoms with Gasteiger partial charge >= 0.3 is 0 Å². The fourth-order valence-corrected chi connectivity index (χ4v) is 3.33. The number of halogens is 4. The third kappa shape index (κ3) is 2.61. The van der Waals surface area contributed by atoms with Crippen molar-refractivity contribution in [3.8, 4) is 0 Å². The SMILES string of the molecule is O=C1Cc2cc(C(Cl)c3cccc(F)c3Cl)c(Cl)cc2N1. The maximum Gasteiger partial charge on any atom is 0.228 e. The molecule has 0 fully saturated rings. The average Bonchev–Trinajstić information content (AvgIpc) is 2.79. The van der Waals surface area contributed by atoms with Gasteiger partial charge in [0.1, 0.15) is 5.82 Å². The van der Waals surface area contributed by atoms with E-state index in [1.54, 1.807) is 18.2 Å². The van der Waals surface area contributed by atoms with Crippen LogP contribution in [0.1, 0.15) is 22.1 Å². The largest absolute Gasteiger partial charge is 0.325 e. The van der Waals surface area contributed by atoms with Crippen molar-refractivity contribution in [2.75, 3.05) is 5.32 Å². The van der Waals surface area contributed by atoms with Gasteiger partial charge in [0.15, 0.2) is 0 Å². The van der Waals surface area contributed by atoms with Gasteiger partial charge in [-0.05, 0) is 34.9 Å². The van der Waals surface area contributed by atoms with E-state index in [0.717, 1.165) is 5.56 Å². The van der Waals surface area contributed by atoms with E-state index < -0.39 is 11.2 Å². The van der Waals surface area contributed by atoms with Gasteiger partial charge in [-0.2, -0.15) is 0 Å². The molecular weight excluding hydrogens is 336 g/mol. The first-order chi connectivity index (χ1) is 9.97. The molecule has 0 spiro atoms. The zero-order valence-corrected chi connectivity index (χ0v) is 12.9. The second-order valence-electron chi connectivity index (χ2n) is 4.76. The number of rotatable bonds is 2. The lowest BCUT2D eigenvalue weighted by Crippen LogP contribution is -2.03. The summed E-state index contributed by atoms with van der Waals surface area (Å²) in [6.45, 7) is 0. The molecular formula is C15H9Cl3FNO. The van der Waals surface area contributed by atoms with Gasteiger partial charge in [0, 0.05) is 10.7 Å². The topological polar surface area (TPSA) is 29.1 Å². The van der Waals surface area contributed by atoms with Gasteiger partial charge in [0.2, 0.25) is 5.91 Å². The molecule has 6 heteroatoms. The van der Waals surface area contributed by atoms with Gasteiger partial charge in [0.05, 0.1) is 16.8 Å². The van der Waals surface area contributed by atoms with E-state index in [-0.39, 0.29) is 17.4 Å². The summed E-state index contributed by atoms with van der Waals surface area (Å²) in [4.78, 5) is 11.4. The third-order valence-electron chi connectivity index (χ3n) is 3.38. The van der Waals surface area contributed by atoms with E-state index >= 15 is 0 Å². The number of alkyl halides is 1. The zero-order chi connectivity index (χ0) is 15.1. The van der Waals surface area contributed by atoms with E-state index in [0.29, 0.717) is 21.8 Å². The van der Waals surface area contributed by atoms with Crippen molar-refractivity contribution < 1.29 is 9.18 Å². The summed E-state index contributed by atoms with van der Waals surface area (Å²) in [7, 11) is 0. The number of hydrogen-bond donors (Lipinski definition) is 1. The van der Waals surface area contributed by atoms with Crippen LogP contribution in [0.2, 0.25) is 10.0 Å². The number of hydrogen-bond acceptors (Lipinski definition) is 1. The van der Waals surface area contributed by atoms with E-state index in [1.807, 2.05) is 0 Å². The van der Waals surface area contributed by atoms with Crippen molar-refractivity contribution in [2.45, 2.75) is 11.8 Å². The zero-order valence-electron chi connectivity index (χ0n) is 10.6. The molecule has 0 aliphatic carbocycles. The molecule has 1 N–H and O–H groups in total. The number of fused-ring (bicyclic) bond motifs is 1. The predicted molar refractivity (Wildman–Crippen MR) is 82.9 cm³/mol. The van der Waals surface area contributed by atoms with Crippen LogP contribution >= 0.6 is 34.8 Å². The number of carbonyl (C=O) groups excluding carboxylic acids is 1. The van der Waals surface area contributed by atoms with Gasteiger partial charge in [-0.3, -0.25) is 4.79 Å². The Bertz CT molecular complexity index is 748. The minimum Gasteiger partial charge on any atom is -0.325 e. The van der Waals surface area contributed by atoms with Crippen molar-refractivity contribution in [3.63, 3.8) is 0 Å². The number of nitrogens with one attached hydrogen (secondary N) is 1. The minimum atomic E-state index is -0.693. The van der Waals surface area contributed by atoms with Crippen molar-refractivity contribution >= 4 is 46.4 Å². The van der Waals surface area contributed by atoms with Gasteiger partial charge in [0.25, 0.3) is 0 Å². The number of benzene rings is 2. The van der Waals surface area contributed by atoms with Crippen molar-refractivity contribution in [1.29, 1.82) is 0 Å². The Morgan fingerprint density at radius 3 is 2.71 bits per heavy atom. The molecule has 1 atom stereocenters. The summed E-state index contributed by atoms with van der Waals surface area (Å²) in [5, 5.41) is 2.39. The Morgan fingerprint density at radius 1 is 1.19 bits per heavy atom. The normalized spacial score (nSPS) is 14.8. The van der Waals surface area contributed by atoms with Crippen molar-refractivity contribution in [2.24, 2.45) is 0 Å². The van der Waals surface area contributed by atoms with Crippen LogP contribution in [-0.4, -0.2) is 5.91 Å². The smallest absolute Gasteiger partial charge is 0.228 e. The first-order valence-corrected chi connectivity index (χ1v) is 7.36. The molecule has 1 unspecified atom stereocenters. The average molecular weight is 345 g/mol. The predicted octanol–water partition coefficient (Wildman–Crippen LogP) is 4.96. The molecule has 1 amide bonds. The van der Waals surface area contributed by atoms with Crippen LogP contribution in [0, 0.1) is 5.82 Å². The molecule has 21 heavy (non-hydrogen) atoms. The lowest BCUT2D eigenvalue weighted by Gasteiger charge is -2.15. The number of anilines is 1. The van der Waals surface area contributed by atoms with Crippen LogP contribution in [0.25, 0.3) is 0 Å². The minimum absolute atomic E-state index is 0.0248. The summed E-state index contributed by atoms with van der Waals surface area (Å²) in [6, 6.07) is 7.87. The highest BCUT2D eigenvalue weighted by molar-refractivity contribution is 6.35. The van der Waals surface area contributed by atoms with E-state index in [4.69, 9.17) is 34.8 Å². The highest BCUT2D eigenvalue weighted by Crippen LogP contribution is 2.40. The monoisotopic (exact) mass is 343 g/mol. The molecule has 1 heterocycles. The summed E-state index contributed by atoms with van der Waals surface area (Å²) < 4.78 is 13.5. The second-order valence-corrected chi connectivity index (χ2v) is 5.98. The van der Waals surface area contributed by atoms with Crippen LogP contribution in [-0.2, 0) is 11.2 Å². The Hall–Kier alpha value is -1.29. The molecule has 0 aromatic heterocycles. The maximum absolute atomic E-state index is 13.5. The molecule has 0 saturated carbocycles. The molecule has 0 bridgehead atoms. The van der Waals surface area contributed by atoms with Gasteiger partial charge in [-0.25, -0.2) is 4.39 Å². The number of carbonyl (C=O) groups is 1. The molecule has 2 aromatic carbocycles. The summed E-state index contributed by atoms with van der Waals surface area (Å²) >= 11 is 18.6. The number of amides is 1. The van der Waals surface area contributed by atoms with E-state index in [1.165, 1.54) is 12.1 Å². The lowest BCUT2D eigenvalue weighted by molar-refractivity contribution is -0.115. The van der Waals surface area contributed by atoms with Crippen LogP contribution < -0.4 is 5.32 Å². The summed E-state index contributed by atoms with van der Waals surface area (Å²) in [5.41, 5.74) is 2.54. The molecule has 0 radical (unpaired) electrons. The third-order valence-corrected chi connectivity index (χ3v) is 4.57. The van der Waals surface area contributed by atoms with Gasteiger partial charge < -0.3 is 5.32 Å². The fourth-order valence-electron chi connectivity index (χ4n) is 2.35. The molecule has 1 aliphatic rings. The highest BCUT2D eigenvalue weighted by Gasteiger charge is 2.24. The van der Waals surface area contributed by atoms with E-state index in [9.17, 15) is 9.18 Å². The van der Waals surface area contributed by atoms with E-state index in [2.05, 4.69) is 5.32 Å². The highest BCUT2D eigenvalue weighted by atomic mass is 35.5. The van der Waals surface area contributed by atoms with Crippen LogP contribution in [0.5, 0.6) is 0 Å². The van der Waals surface area contributed by atoms with Crippen molar-refractivity contribution in [3.05, 3.63) is 62.9 Å². The molecule has 1 aliphatic heterocycles. The lowest BCUT2D eigenvalue weighted by atomic mass is 10.0. The maximum atomic E-state index is 13.5. The standard InChI is InChI=1S/C15H9Cl3FNO/c16-10-6-12-7(5-13(21)20-12)4-9(10)14(17)8-2-1-3-11(19)15(8)18/h1-4,6,14H,5H2,(H,20,21). The summed E-state index contributed by atoms with van der Waals surface area (Å²) in [6.07, 6.45) is 0.278. The first kappa shape index (κ1) is 14.6. The van der Waals surface area contributed by atoms with Crippen LogP contribution in [0.4, 0.5) is 10.1 Å². The molecule has 108 valence electrons. The summed E-state index contributed by atoms with van der Waals surface area (Å²) in [5.74, 6) is -0.623. The second kappa shape index (κ2) is 5.48. The first-order valence-electron chi connectivity index (χ1n) is 6.17. The molecule has 2 aromatic rings. The Morgan fingerprint density at radius 2 is 1.95 bits per heavy atom. The molecule has 2 nitrogen and oxygen atoms in total. The van der Waals surface area contributed by atoms with Gasteiger partial charge in [-0.15, -0.1) is 11.6 Å². The fraction of sp³-hybridized carbons (Fsp3) is 0.133. The molecule has 0 saturated heterocycles. The van der Waals surface area contributed by atoms with Gasteiger partial charge in [-0.1, -0.05) is 35.3 Å². The Labute approximate surface area is 135 Å².